The van der Waals surface area contributed by atoms with Crippen LogP contribution in [-0.4, -0.2) is 31.0 Å². The molecule has 1 heterocycles. The molecule has 1 aliphatic rings. The summed E-state index contributed by atoms with van der Waals surface area (Å²) in [6.07, 6.45) is -4.53. The van der Waals surface area contributed by atoms with Crippen molar-refractivity contribution in [3.63, 3.8) is 0 Å². The molecule has 1 fully saturated rings. The van der Waals surface area contributed by atoms with Crippen molar-refractivity contribution in [2.45, 2.75) is 83.8 Å². The summed E-state index contributed by atoms with van der Waals surface area (Å²) in [6.45, 7) is 13.0. The van der Waals surface area contributed by atoms with Gasteiger partial charge in [0.15, 0.2) is 0 Å². The average Bonchev–Trinajstić information content (AvgIpc) is 3.04. The highest BCUT2D eigenvalue weighted by atomic mass is 32.2. The molecule has 1 saturated heterocycles. The van der Waals surface area contributed by atoms with Crippen LogP contribution in [0.5, 0.6) is 0 Å². The van der Waals surface area contributed by atoms with Crippen molar-refractivity contribution in [3.05, 3.63) is 94.0 Å². The van der Waals surface area contributed by atoms with Crippen LogP contribution in [0.3, 0.4) is 0 Å². The Hall–Kier alpha value is -2.66. The van der Waals surface area contributed by atoms with Crippen molar-refractivity contribution in [1.29, 1.82) is 0 Å². The topological polar surface area (TPSA) is 55.8 Å². The molecule has 3 aromatic carbocycles. The summed E-state index contributed by atoms with van der Waals surface area (Å²) in [7, 11) is -4.65. The number of nitrogens with zero attached hydrogens (tertiary/aromatic N) is 1. The number of hydrogen-bond donors (Lipinski definition) is 0. The van der Waals surface area contributed by atoms with Gasteiger partial charge in [0.05, 0.1) is 21.7 Å². The van der Waals surface area contributed by atoms with Gasteiger partial charge in [-0.2, -0.15) is 17.5 Å². The van der Waals surface area contributed by atoms with Crippen LogP contribution < -0.4 is 5.46 Å². The summed E-state index contributed by atoms with van der Waals surface area (Å²) in [5, 5.41) is 0. The first-order valence-electron chi connectivity index (χ1n) is 13.1. The first-order chi connectivity index (χ1) is 18.4. The molecule has 0 N–H and O–H groups in total. The Morgan fingerprint density at radius 1 is 0.800 bits per heavy atom. The summed E-state index contributed by atoms with van der Waals surface area (Å²) in [5.74, 6) is 0. The van der Waals surface area contributed by atoms with Crippen LogP contribution >= 0.6 is 0 Å². The lowest BCUT2D eigenvalue weighted by atomic mass is 9.79. The van der Waals surface area contributed by atoms with Crippen LogP contribution in [-0.2, 0) is 38.6 Å². The van der Waals surface area contributed by atoms with E-state index in [-0.39, 0.29) is 23.5 Å². The number of aryl methyl sites for hydroxylation is 3. The molecule has 0 bridgehead atoms. The summed E-state index contributed by atoms with van der Waals surface area (Å²) in [5.41, 5.74) is 1.98. The van der Waals surface area contributed by atoms with E-state index in [1.54, 1.807) is 38.1 Å². The van der Waals surface area contributed by atoms with E-state index < -0.39 is 40.1 Å². The minimum Gasteiger partial charge on any atom is -0.399 e. The first-order valence-corrected chi connectivity index (χ1v) is 14.5. The number of rotatable bonds is 7. The molecule has 0 radical (unpaired) electrons. The van der Waals surface area contributed by atoms with E-state index in [1.807, 2.05) is 46.8 Å². The molecule has 0 amide bonds. The zero-order chi connectivity index (χ0) is 29.7. The van der Waals surface area contributed by atoms with E-state index in [1.165, 1.54) is 16.4 Å². The van der Waals surface area contributed by atoms with Crippen molar-refractivity contribution in [2.24, 2.45) is 0 Å². The highest BCUT2D eigenvalue weighted by Gasteiger charge is 2.51. The zero-order valence-corrected chi connectivity index (χ0v) is 24.7. The van der Waals surface area contributed by atoms with Crippen LogP contribution in [0.1, 0.15) is 61.1 Å². The van der Waals surface area contributed by atoms with Gasteiger partial charge in [0, 0.05) is 13.1 Å². The predicted octanol–water partition coefficient (Wildman–Crippen LogP) is 6.32. The Morgan fingerprint density at radius 2 is 1.32 bits per heavy atom. The van der Waals surface area contributed by atoms with Crippen molar-refractivity contribution < 1.29 is 30.9 Å². The van der Waals surface area contributed by atoms with E-state index >= 15 is 0 Å². The molecule has 0 atom stereocenters. The molecule has 0 aliphatic carbocycles. The van der Waals surface area contributed by atoms with Crippen molar-refractivity contribution >= 4 is 22.6 Å². The first kappa shape index (κ1) is 30.3. The summed E-state index contributed by atoms with van der Waals surface area (Å²) in [4.78, 5) is 0.166. The Morgan fingerprint density at radius 3 is 1.85 bits per heavy atom. The second-order valence-electron chi connectivity index (χ2n) is 11.5. The van der Waals surface area contributed by atoms with Gasteiger partial charge in [-0.1, -0.05) is 60.2 Å². The molecule has 10 heteroatoms. The summed E-state index contributed by atoms with van der Waals surface area (Å²) in [6, 6.07) is 15.6. The molecular weight excluding hydrogens is 538 g/mol. The maximum absolute atomic E-state index is 14.1. The Labute approximate surface area is 235 Å². The third-order valence-electron chi connectivity index (χ3n) is 7.68. The zero-order valence-electron chi connectivity index (χ0n) is 23.9. The molecule has 40 heavy (non-hydrogen) atoms. The molecule has 4 rings (SSSR count). The van der Waals surface area contributed by atoms with Crippen molar-refractivity contribution in [2.75, 3.05) is 0 Å². The van der Waals surface area contributed by atoms with Gasteiger partial charge in [0.1, 0.15) is 0 Å². The van der Waals surface area contributed by atoms with Gasteiger partial charge in [0.25, 0.3) is 0 Å². The number of benzene rings is 3. The van der Waals surface area contributed by atoms with Gasteiger partial charge in [-0.25, -0.2) is 8.42 Å². The highest BCUT2D eigenvalue weighted by Crippen LogP contribution is 2.36. The van der Waals surface area contributed by atoms with E-state index in [4.69, 9.17) is 9.31 Å². The Balaban J connectivity index is 1.69. The number of alkyl halides is 3. The molecule has 3 aromatic rings. The molecule has 0 spiro atoms. The van der Waals surface area contributed by atoms with E-state index in [0.29, 0.717) is 16.7 Å². The van der Waals surface area contributed by atoms with E-state index in [0.717, 1.165) is 23.2 Å². The molecule has 214 valence electrons. The summed E-state index contributed by atoms with van der Waals surface area (Å²) >= 11 is 0. The SMILES string of the molecule is Cc1cc(C)c(S(=O)(=O)N(Cc2ccc(B3OC(C)(C)C(C)(C)O3)cc2)Cc2cccc(C(F)(F)F)c2)c(C)c1. The molecule has 0 aromatic heterocycles. The molecule has 1 aliphatic heterocycles. The van der Waals surface area contributed by atoms with E-state index in [2.05, 4.69) is 0 Å². The van der Waals surface area contributed by atoms with E-state index in [9.17, 15) is 21.6 Å². The number of hydrogen-bond acceptors (Lipinski definition) is 4. The van der Waals surface area contributed by atoms with Crippen molar-refractivity contribution in [1.82, 2.24) is 4.31 Å². The second kappa shape index (κ2) is 10.6. The second-order valence-corrected chi connectivity index (χ2v) is 13.4. The standard InChI is InChI=1S/C30H35BF3NO4S/c1-20-15-21(2)27(22(3)16-20)40(36,37)35(19-24-9-8-10-25(17-24)30(32,33)34)18-23-11-13-26(14-12-23)31-38-28(4,5)29(6,7)39-31/h8-17H,18-19H2,1-7H3. The van der Waals surface area contributed by atoms with Crippen LogP contribution in [0.25, 0.3) is 0 Å². The van der Waals surface area contributed by atoms with Crippen LogP contribution in [0, 0.1) is 20.8 Å². The average molecular weight is 573 g/mol. The maximum Gasteiger partial charge on any atom is 0.494 e. The number of halogens is 3. The van der Waals surface area contributed by atoms with Crippen LogP contribution in [0.2, 0.25) is 0 Å². The predicted molar refractivity (Wildman–Crippen MR) is 151 cm³/mol. The van der Waals surface area contributed by atoms with Gasteiger partial charge in [-0.15, -0.1) is 0 Å². The van der Waals surface area contributed by atoms with Gasteiger partial charge in [0.2, 0.25) is 10.0 Å². The normalized spacial score (nSPS) is 17.0. The van der Waals surface area contributed by atoms with Crippen molar-refractivity contribution in [3.8, 4) is 0 Å². The van der Waals surface area contributed by atoms with Gasteiger partial charge in [-0.05, 0) is 82.2 Å². The van der Waals surface area contributed by atoms with Crippen LogP contribution in [0.4, 0.5) is 13.2 Å². The quantitative estimate of drug-likeness (QED) is 0.311. The van der Waals surface area contributed by atoms with Gasteiger partial charge in [-0.3, -0.25) is 0 Å². The Bertz CT molecular complexity index is 1460. The summed E-state index contributed by atoms with van der Waals surface area (Å²) < 4.78 is 81.8. The van der Waals surface area contributed by atoms with Gasteiger partial charge >= 0.3 is 13.3 Å². The minimum atomic E-state index is -4.53. The highest BCUT2D eigenvalue weighted by molar-refractivity contribution is 7.89. The maximum atomic E-state index is 14.1. The molecule has 0 saturated carbocycles. The lowest BCUT2D eigenvalue weighted by Crippen LogP contribution is -2.41. The molecular formula is C30H35BF3NO4S. The smallest absolute Gasteiger partial charge is 0.399 e. The Kier molecular flexibility index (Phi) is 8.06. The van der Waals surface area contributed by atoms with Gasteiger partial charge < -0.3 is 9.31 Å². The lowest BCUT2D eigenvalue weighted by Gasteiger charge is -2.32. The monoisotopic (exact) mass is 573 g/mol. The fourth-order valence-electron chi connectivity index (χ4n) is 4.94. The van der Waals surface area contributed by atoms with Crippen LogP contribution in [0.15, 0.2) is 65.6 Å². The third kappa shape index (κ3) is 6.15. The fraction of sp³-hybridized carbons (Fsp3) is 0.400. The third-order valence-corrected chi connectivity index (χ3v) is 9.78. The fourth-order valence-corrected chi connectivity index (χ4v) is 6.77. The largest absolute Gasteiger partial charge is 0.494 e. The molecule has 5 nitrogen and oxygen atoms in total. The molecule has 0 unspecified atom stereocenters. The lowest BCUT2D eigenvalue weighted by molar-refractivity contribution is -0.137. The number of sulfonamides is 1. The minimum absolute atomic E-state index is 0.0328.